The first-order valence-corrected chi connectivity index (χ1v) is 10.0. The standard InChI is InChI=1S/C21H25FN4O3/c1-15-17(13-23-26(15)19-7-3-2-6-18(19)22)21(28)25-8-4-5-16(14-25)20(27)24-9-11-29-12-10-24/h2-3,6-7,13,16H,4-5,8-12,14H2,1H3. The van der Waals surface area contributed by atoms with Gasteiger partial charge in [0.1, 0.15) is 11.5 Å². The van der Waals surface area contributed by atoms with Gasteiger partial charge in [-0.05, 0) is 31.9 Å². The van der Waals surface area contributed by atoms with Crippen LogP contribution in [0.1, 0.15) is 28.9 Å². The average molecular weight is 400 g/mol. The highest BCUT2D eigenvalue weighted by Gasteiger charge is 2.33. The van der Waals surface area contributed by atoms with Crippen LogP contribution >= 0.6 is 0 Å². The fraction of sp³-hybridized carbons (Fsp3) is 0.476. The molecule has 2 aliphatic rings. The number of carbonyl (C=O) groups is 2. The molecule has 2 amide bonds. The third-order valence-corrected chi connectivity index (χ3v) is 5.70. The molecule has 0 saturated carbocycles. The van der Waals surface area contributed by atoms with Gasteiger partial charge in [0.25, 0.3) is 5.91 Å². The summed E-state index contributed by atoms with van der Waals surface area (Å²) >= 11 is 0. The van der Waals surface area contributed by atoms with E-state index >= 15 is 0 Å². The fourth-order valence-electron chi connectivity index (χ4n) is 4.06. The zero-order valence-corrected chi connectivity index (χ0v) is 16.5. The van der Waals surface area contributed by atoms with Crippen molar-refractivity contribution < 1.29 is 18.7 Å². The van der Waals surface area contributed by atoms with E-state index < -0.39 is 5.82 Å². The summed E-state index contributed by atoms with van der Waals surface area (Å²) in [7, 11) is 0. The van der Waals surface area contributed by atoms with E-state index in [1.54, 1.807) is 30.0 Å². The average Bonchev–Trinajstić information content (AvgIpc) is 3.15. The molecule has 1 aromatic carbocycles. The summed E-state index contributed by atoms with van der Waals surface area (Å²) in [4.78, 5) is 29.5. The van der Waals surface area contributed by atoms with Gasteiger partial charge in [-0.25, -0.2) is 9.07 Å². The predicted octanol–water partition coefficient (Wildman–Crippen LogP) is 2.03. The summed E-state index contributed by atoms with van der Waals surface area (Å²) in [5, 5.41) is 4.23. The van der Waals surface area contributed by atoms with Gasteiger partial charge in [0.15, 0.2) is 0 Å². The van der Waals surface area contributed by atoms with Crippen molar-refractivity contribution in [3.8, 4) is 5.69 Å². The highest BCUT2D eigenvalue weighted by Crippen LogP contribution is 2.23. The Bertz CT molecular complexity index is 907. The highest BCUT2D eigenvalue weighted by atomic mass is 19.1. The monoisotopic (exact) mass is 400 g/mol. The molecule has 0 spiro atoms. The number of benzene rings is 1. The molecule has 2 aliphatic heterocycles. The lowest BCUT2D eigenvalue weighted by atomic mass is 9.95. The summed E-state index contributed by atoms with van der Waals surface area (Å²) in [6.45, 7) is 5.11. The Morgan fingerprint density at radius 1 is 1.14 bits per heavy atom. The number of halogens is 1. The maximum Gasteiger partial charge on any atom is 0.257 e. The Labute approximate surface area is 169 Å². The van der Waals surface area contributed by atoms with Gasteiger partial charge in [0.2, 0.25) is 5.91 Å². The van der Waals surface area contributed by atoms with Gasteiger partial charge in [0, 0.05) is 26.2 Å². The number of aromatic nitrogens is 2. The maximum absolute atomic E-state index is 14.1. The lowest BCUT2D eigenvalue weighted by molar-refractivity contribution is -0.141. The molecule has 2 saturated heterocycles. The molecule has 154 valence electrons. The number of ether oxygens (including phenoxy) is 1. The van der Waals surface area contributed by atoms with E-state index in [9.17, 15) is 14.0 Å². The molecule has 0 radical (unpaired) electrons. The molecule has 0 aliphatic carbocycles. The second kappa shape index (κ2) is 8.32. The first-order chi connectivity index (χ1) is 14.1. The number of rotatable bonds is 3. The first kappa shape index (κ1) is 19.6. The van der Waals surface area contributed by atoms with Crippen molar-refractivity contribution in [2.24, 2.45) is 5.92 Å². The SMILES string of the molecule is Cc1c(C(=O)N2CCCC(C(=O)N3CCOCC3)C2)cnn1-c1ccccc1F. The van der Waals surface area contributed by atoms with Crippen LogP contribution in [0, 0.1) is 18.7 Å². The molecular formula is C21H25FN4O3. The van der Waals surface area contributed by atoms with Crippen LogP contribution in [0.4, 0.5) is 4.39 Å². The predicted molar refractivity (Wildman–Crippen MR) is 104 cm³/mol. The lowest BCUT2D eigenvalue weighted by Gasteiger charge is -2.36. The van der Waals surface area contributed by atoms with Crippen LogP contribution in [0.15, 0.2) is 30.5 Å². The molecule has 7 nitrogen and oxygen atoms in total. The summed E-state index contributed by atoms with van der Waals surface area (Å²) < 4.78 is 20.9. The lowest BCUT2D eigenvalue weighted by Crippen LogP contribution is -2.49. The van der Waals surface area contributed by atoms with E-state index in [4.69, 9.17) is 4.74 Å². The fourth-order valence-corrected chi connectivity index (χ4v) is 4.06. The number of amides is 2. The van der Waals surface area contributed by atoms with Crippen molar-refractivity contribution in [3.63, 3.8) is 0 Å². The number of para-hydroxylation sites is 1. The quantitative estimate of drug-likeness (QED) is 0.791. The van der Waals surface area contributed by atoms with Crippen molar-refractivity contribution in [2.75, 3.05) is 39.4 Å². The van der Waals surface area contributed by atoms with Gasteiger partial charge in [-0.1, -0.05) is 12.1 Å². The van der Waals surface area contributed by atoms with Gasteiger partial charge in [0.05, 0.1) is 36.6 Å². The van der Waals surface area contributed by atoms with Crippen LogP contribution in [0.3, 0.4) is 0 Å². The zero-order chi connectivity index (χ0) is 20.4. The topological polar surface area (TPSA) is 67.7 Å². The molecule has 1 unspecified atom stereocenters. The van der Waals surface area contributed by atoms with E-state index in [-0.39, 0.29) is 17.7 Å². The Hall–Kier alpha value is -2.74. The van der Waals surface area contributed by atoms with Crippen LogP contribution in [-0.2, 0) is 9.53 Å². The van der Waals surface area contributed by atoms with Crippen molar-refractivity contribution in [3.05, 3.63) is 47.5 Å². The highest BCUT2D eigenvalue weighted by molar-refractivity contribution is 5.95. The number of carbonyl (C=O) groups excluding carboxylic acids is 2. The number of piperidine rings is 1. The summed E-state index contributed by atoms with van der Waals surface area (Å²) in [5.74, 6) is -0.645. The third kappa shape index (κ3) is 3.89. The van der Waals surface area contributed by atoms with Crippen molar-refractivity contribution in [2.45, 2.75) is 19.8 Å². The van der Waals surface area contributed by atoms with Crippen molar-refractivity contribution in [1.29, 1.82) is 0 Å². The molecule has 0 N–H and O–H groups in total. The van der Waals surface area contributed by atoms with E-state index in [1.165, 1.54) is 16.9 Å². The Kier molecular flexibility index (Phi) is 5.62. The Morgan fingerprint density at radius 3 is 2.66 bits per heavy atom. The molecule has 8 heteroatoms. The molecule has 1 aromatic heterocycles. The maximum atomic E-state index is 14.1. The summed E-state index contributed by atoms with van der Waals surface area (Å²) in [5.41, 5.74) is 1.33. The van der Waals surface area contributed by atoms with Crippen LogP contribution in [0.5, 0.6) is 0 Å². The van der Waals surface area contributed by atoms with Crippen LogP contribution in [-0.4, -0.2) is 70.8 Å². The Morgan fingerprint density at radius 2 is 1.90 bits per heavy atom. The second-order valence-corrected chi connectivity index (χ2v) is 7.53. The molecule has 2 aromatic rings. The summed E-state index contributed by atoms with van der Waals surface area (Å²) in [6.07, 6.45) is 3.05. The van der Waals surface area contributed by atoms with Crippen LogP contribution < -0.4 is 0 Å². The van der Waals surface area contributed by atoms with E-state index in [2.05, 4.69) is 5.10 Å². The van der Waals surface area contributed by atoms with Gasteiger partial charge >= 0.3 is 0 Å². The number of hydrogen-bond acceptors (Lipinski definition) is 4. The van der Waals surface area contributed by atoms with Crippen molar-refractivity contribution in [1.82, 2.24) is 19.6 Å². The van der Waals surface area contributed by atoms with E-state index in [0.29, 0.717) is 56.3 Å². The normalized spacial score (nSPS) is 20.0. The molecule has 3 heterocycles. The number of hydrogen-bond donors (Lipinski definition) is 0. The van der Waals surface area contributed by atoms with Crippen LogP contribution in [0.2, 0.25) is 0 Å². The first-order valence-electron chi connectivity index (χ1n) is 10.0. The van der Waals surface area contributed by atoms with E-state index in [0.717, 1.165) is 12.8 Å². The Balaban J connectivity index is 1.49. The third-order valence-electron chi connectivity index (χ3n) is 5.70. The molecule has 1 atom stereocenters. The van der Waals surface area contributed by atoms with Crippen LogP contribution in [0.25, 0.3) is 5.69 Å². The molecular weight excluding hydrogens is 375 g/mol. The number of likely N-dealkylation sites (tertiary alicyclic amines) is 1. The minimum atomic E-state index is -0.396. The second-order valence-electron chi connectivity index (χ2n) is 7.53. The number of morpholine rings is 1. The minimum Gasteiger partial charge on any atom is -0.378 e. The molecule has 29 heavy (non-hydrogen) atoms. The smallest absolute Gasteiger partial charge is 0.257 e. The van der Waals surface area contributed by atoms with Crippen molar-refractivity contribution >= 4 is 11.8 Å². The van der Waals surface area contributed by atoms with Gasteiger partial charge in [-0.2, -0.15) is 5.10 Å². The summed E-state index contributed by atoms with van der Waals surface area (Å²) in [6, 6.07) is 6.34. The van der Waals surface area contributed by atoms with Gasteiger partial charge in [-0.15, -0.1) is 0 Å². The molecule has 0 bridgehead atoms. The molecule has 4 rings (SSSR count). The zero-order valence-electron chi connectivity index (χ0n) is 16.5. The largest absolute Gasteiger partial charge is 0.378 e. The molecule has 2 fully saturated rings. The van der Waals surface area contributed by atoms with E-state index in [1.807, 2.05) is 4.90 Å². The van der Waals surface area contributed by atoms with Gasteiger partial charge in [-0.3, -0.25) is 9.59 Å². The van der Waals surface area contributed by atoms with Gasteiger partial charge < -0.3 is 14.5 Å². The number of nitrogens with zero attached hydrogens (tertiary/aromatic N) is 4. The minimum absolute atomic E-state index is 0.101.